The molecule has 19 heavy (non-hydrogen) atoms. The van der Waals surface area contributed by atoms with Gasteiger partial charge in [-0.3, -0.25) is 0 Å². The van der Waals surface area contributed by atoms with Gasteiger partial charge in [-0.15, -0.1) is 0 Å². The normalized spacial score (nSPS) is 12.7. The van der Waals surface area contributed by atoms with Crippen molar-refractivity contribution in [3.63, 3.8) is 0 Å². The summed E-state index contributed by atoms with van der Waals surface area (Å²) in [5.41, 5.74) is 2.55. The molecule has 0 aromatic heterocycles. The van der Waals surface area contributed by atoms with E-state index in [-0.39, 0.29) is 0 Å². The summed E-state index contributed by atoms with van der Waals surface area (Å²) in [6, 6.07) is 7.10. The van der Waals surface area contributed by atoms with Crippen LogP contribution in [0.5, 0.6) is 5.75 Å². The summed E-state index contributed by atoms with van der Waals surface area (Å²) in [7, 11) is 0. The highest BCUT2D eigenvalue weighted by Crippen LogP contribution is 2.24. The lowest BCUT2D eigenvalue weighted by atomic mass is 10.0. The standard InChI is InChI=1S/C17H29NO/c1-6-7-15(5)18-10-11-19-17-12-16(13(2)3)9-8-14(17)4/h8-9,12-13,15,18H,6-7,10-11H2,1-5H3. The number of aryl methyl sites for hydroxylation is 1. The molecule has 1 unspecified atom stereocenters. The Labute approximate surface area is 118 Å². The Kier molecular flexibility index (Phi) is 6.93. The molecule has 2 heteroatoms. The van der Waals surface area contributed by atoms with Crippen LogP contribution in [-0.2, 0) is 0 Å². The van der Waals surface area contributed by atoms with Crippen LogP contribution in [-0.4, -0.2) is 19.2 Å². The summed E-state index contributed by atoms with van der Waals surface area (Å²) in [5.74, 6) is 1.57. The van der Waals surface area contributed by atoms with E-state index in [1.165, 1.54) is 24.0 Å². The summed E-state index contributed by atoms with van der Waals surface area (Å²) in [4.78, 5) is 0. The molecule has 1 atom stereocenters. The van der Waals surface area contributed by atoms with Crippen molar-refractivity contribution >= 4 is 0 Å². The zero-order valence-corrected chi connectivity index (χ0v) is 13.1. The van der Waals surface area contributed by atoms with Gasteiger partial charge in [0, 0.05) is 12.6 Å². The molecule has 1 aromatic rings. The molecule has 2 nitrogen and oxygen atoms in total. The summed E-state index contributed by atoms with van der Waals surface area (Å²) >= 11 is 0. The number of nitrogens with one attached hydrogen (secondary N) is 1. The average molecular weight is 263 g/mol. The van der Waals surface area contributed by atoms with Gasteiger partial charge >= 0.3 is 0 Å². The molecule has 0 spiro atoms. The SMILES string of the molecule is CCCC(C)NCCOc1cc(C(C)C)ccc1C. The first-order valence-corrected chi connectivity index (χ1v) is 7.51. The first kappa shape index (κ1) is 16.0. The van der Waals surface area contributed by atoms with Crippen LogP contribution in [0.3, 0.4) is 0 Å². The minimum absolute atomic E-state index is 0.547. The van der Waals surface area contributed by atoms with Crippen molar-refractivity contribution in [3.05, 3.63) is 29.3 Å². The third kappa shape index (κ3) is 5.65. The van der Waals surface area contributed by atoms with E-state index in [4.69, 9.17) is 4.74 Å². The number of hydrogen-bond donors (Lipinski definition) is 1. The largest absolute Gasteiger partial charge is 0.492 e. The smallest absolute Gasteiger partial charge is 0.122 e. The Morgan fingerprint density at radius 2 is 1.95 bits per heavy atom. The van der Waals surface area contributed by atoms with Crippen molar-refractivity contribution < 1.29 is 4.74 Å². The minimum atomic E-state index is 0.547. The van der Waals surface area contributed by atoms with Crippen molar-refractivity contribution in [1.29, 1.82) is 0 Å². The topological polar surface area (TPSA) is 21.3 Å². The highest BCUT2D eigenvalue weighted by molar-refractivity contribution is 5.37. The van der Waals surface area contributed by atoms with Crippen molar-refractivity contribution in [1.82, 2.24) is 5.32 Å². The highest BCUT2D eigenvalue weighted by Gasteiger charge is 2.05. The lowest BCUT2D eigenvalue weighted by molar-refractivity contribution is 0.302. The van der Waals surface area contributed by atoms with Gasteiger partial charge in [-0.2, -0.15) is 0 Å². The van der Waals surface area contributed by atoms with Crippen molar-refractivity contribution in [2.45, 2.75) is 59.4 Å². The van der Waals surface area contributed by atoms with E-state index >= 15 is 0 Å². The second-order valence-electron chi connectivity index (χ2n) is 5.67. The van der Waals surface area contributed by atoms with Crippen molar-refractivity contribution in [2.24, 2.45) is 0 Å². The Morgan fingerprint density at radius 1 is 1.21 bits per heavy atom. The first-order valence-electron chi connectivity index (χ1n) is 7.51. The van der Waals surface area contributed by atoms with Gasteiger partial charge in [-0.1, -0.05) is 39.3 Å². The fraction of sp³-hybridized carbons (Fsp3) is 0.647. The molecule has 108 valence electrons. The lowest BCUT2D eigenvalue weighted by Gasteiger charge is -2.15. The molecule has 0 saturated heterocycles. The molecule has 1 rings (SSSR count). The van der Waals surface area contributed by atoms with Gasteiger partial charge in [0.1, 0.15) is 12.4 Å². The van der Waals surface area contributed by atoms with Crippen LogP contribution >= 0.6 is 0 Å². The Balaban J connectivity index is 2.42. The minimum Gasteiger partial charge on any atom is -0.492 e. The summed E-state index contributed by atoms with van der Waals surface area (Å²) < 4.78 is 5.89. The second kappa shape index (κ2) is 8.21. The van der Waals surface area contributed by atoms with Crippen LogP contribution in [0.15, 0.2) is 18.2 Å². The zero-order valence-electron chi connectivity index (χ0n) is 13.1. The molecule has 0 heterocycles. The number of rotatable bonds is 8. The second-order valence-corrected chi connectivity index (χ2v) is 5.67. The quantitative estimate of drug-likeness (QED) is 0.707. The Morgan fingerprint density at radius 3 is 2.58 bits per heavy atom. The lowest BCUT2D eigenvalue weighted by Crippen LogP contribution is -2.30. The third-order valence-corrected chi connectivity index (χ3v) is 3.45. The molecule has 0 amide bonds. The molecule has 0 aliphatic rings. The maximum Gasteiger partial charge on any atom is 0.122 e. The van der Waals surface area contributed by atoms with E-state index in [9.17, 15) is 0 Å². The monoisotopic (exact) mass is 263 g/mol. The summed E-state index contributed by atoms with van der Waals surface area (Å²) in [5, 5.41) is 3.49. The number of benzene rings is 1. The maximum atomic E-state index is 5.89. The maximum absolute atomic E-state index is 5.89. The van der Waals surface area contributed by atoms with Gasteiger partial charge in [-0.25, -0.2) is 0 Å². The van der Waals surface area contributed by atoms with Crippen molar-refractivity contribution in [3.8, 4) is 5.75 Å². The fourth-order valence-electron chi connectivity index (χ4n) is 2.13. The van der Waals surface area contributed by atoms with Crippen LogP contribution in [0, 0.1) is 6.92 Å². The van der Waals surface area contributed by atoms with Gasteiger partial charge < -0.3 is 10.1 Å². The molecular formula is C17H29NO. The van der Waals surface area contributed by atoms with E-state index in [1.807, 2.05) is 0 Å². The molecule has 0 radical (unpaired) electrons. The van der Waals surface area contributed by atoms with Gasteiger partial charge in [0.25, 0.3) is 0 Å². The summed E-state index contributed by atoms with van der Waals surface area (Å²) in [6.45, 7) is 12.6. The van der Waals surface area contributed by atoms with E-state index in [2.05, 4.69) is 58.1 Å². The predicted octanol–water partition coefficient (Wildman–Crippen LogP) is 4.28. The van der Waals surface area contributed by atoms with E-state index in [0.29, 0.717) is 12.0 Å². The van der Waals surface area contributed by atoms with E-state index < -0.39 is 0 Å². The molecule has 0 fully saturated rings. The molecule has 1 aromatic carbocycles. The van der Waals surface area contributed by atoms with Crippen LogP contribution in [0.4, 0.5) is 0 Å². The van der Waals surface area contributed by atoms with Crippen LogP contribution in [0.1, 0.15) is 57.6 Å². The van der Waals surface area contributed by atoms with Crippen LogP contribution in [0.25, 0.3) is 0 Å². The first-order chi connectivity index (χ1) is 9.04. The Hall–Kier alpha value is -1.02. The molecule has 1 N–H and O–H groups in total. The van der Waals surface area contributed by atoms with Gasteiger partial charge in [0.05, 0.1) is 0 Å². The molecule has 0 aliphatic carbocycles. The molecule has 0 bridgehead atoms. The average Bonchev–Trinajstić information content (AvgIpc) is 2.36. The van der Waals surface area contributed by atoms with Crippen LogP contribution < -0.4 is 10.1 Å². The molecule has 0 saturated carbocycles. The zero-order chi connectivity index (χ0) is 14.3. The fourth-order valence-corrected chi connectivity index (χ4v) is 2.13. The summed E-state index contributed by atoms with van der Waals surface area (Å²) in [6.07, 6.45) is 2.45. The van der Waals surface area contributed by atoms with Gasteiger partial charge in [-0.05, 0) is 43.4 Å². The molecular weight excluding hydrogens is 234 g/mol. The van der Waals surface area contributed by atoms with E-state index in [0.717, 1.165) is 18.9 Å². The number of ether oxygens (including phenoxy) is 1. The molecule has 0 aliphatic heterocycles. The van der Waals surface area contributed by atoms with Gasteiger partial charge in [0.2, 0.25) is 0 Å². The highest BCUT2D eigenvalue weighted by atomic mass is 16.5. The van der Waals surface area contributed by atoms with Gasteiger partial charge in [0.15, 0.2) is 0 Å². The van der Waals surface area contributed by atoms with Crippen molar-refractivity contribution in [2.75, 3.05) is 13.2 Å². The number of hydrogen-bond acceptors (Lipinski definition) is 2. The van der Waals surface area contributed by atoms with E-state index in [1.54, 1.807) is 0 Å². The Bertz CT molecular complexity index is 374. The van der Waals surface area contributed by atoms with Crippen LogP contribution in [0.2, 0.25) is 0 Å². The third-order valence-electron chi connectivity index (χ3n) is 3.45. The predicted molar refractivity (Wildman–Crippen MR) is 83.1 cm³/mol.